The minimum absolute atomic E-state index is 0.142. The summed E-state index contributed by atoms with van der Waals surface area (Å²) in [6, 6.07) is 5.08. The third kappa shape index (κ3) is 1.56. The van der Waals surface area contributed by atoms with Gasteiger partial charge in [-0.15, -0.1) is 0 Å². The normalized spacial score (nSPS) is 12.6. The molecule has 0 saturated heterocycles. The molecule has 0 aromatic heterocycles. The molecule has 0 amide bonds. The van der Waals surface area contributed by atoms with Crippen molar-refractivity contribution in [2.45, 2.75) is 0 Å². The first-order chi connectivity index (χ1) is 6.77. The maximum atomic E-state index is 10.3. The predicted molar refractivity (Wildman–Crippen MR) is 45.7 cm³/mol. The van der Waals surface area contributed by atoms with E-state index in [9.17, 15) is 4.79 Å². The van der Waals surface area contributed by atoms with Crippen LogP contribution in [0, 0.1) is 0 Å². The Bertz CT molecular complexity index is 360. The van der Waals surface area contributed by atoms with Gasteiger partial charge in [0.2, 0.25) is 12.5 Å². The molecule has 0 atom stereocenters. The molecule has 14 heavy (non-hydrogen) atoms. The number of benzene rings is 1. The van der Waals surface area contributed by atoms with Crippen molar-refractivity contribution in [3.05, 3.63) is 18.2 Å². The Labute approximate surface area is 79.8 Å². The van der Waals surface area contributed by atoms with Crippen molar-refractivity contribution >= 4 is 5.97 Å². The summed E-state index contributed by atoms with van der Waals surface area (Å²) in [6.45, 7) is -0.247. The number of hydrogen-bond donors (Lipinski definition) is 1. The van der Waals surface area contributed by atoms with Crippen molar-refractivity contribution < 1.29 is 24.1 Å². The van der Waals surface area contributed by atoms with E-state index in [1.165, 1.54) is 0 Å². The van der Waals surface area contributed by atoms with Crippen LogP contribution in [0.2, 0.25) is 0 Å². The molecule has 0 spiro atoms. The zero-order chi connectivity index (χ0) is 9.97. The van der Waals surface area contributed by atoms with Crippen molar-refractivity contribution in [3.8, 4) is 17.2 Å². The molecule has 1 heterocycles. The van der Waals surface area contributed by atoms with Gasteiger partial charge in [0.15, 0.2) is 18.1 Å². The molecular formula is C9H8O5. The average Bonchev–Trinajstić information content (AvgIpc) is 2.62. The number of rotatable bonds is 3. The van der Waals surface area contributed by atoms with Gasteiger partial charge < -0.3 is 19.3 Å². The molecule has 2 rings (SSSR count). The van der Waals surface area contributed by atoms with Crippen molar-refractivity contribution in [3.63, 3.8) is 0 Å². The molecule has 0 radical (unpaired) electrons. The lowest BCUT2D eigenvalue weighted by Crippen LogP contribution is -2.09. The first-order valence-electron chi connectivity index (χ1n) is 4.00. The molecule has 0 bridgehead atoms. The van der Waals surface area contributed by atoms with E-state index in [2.05, 4.69) is 0 Å². The highest BCUT2D eigenvalue weighted by molar-refractivity contribution is 5.68. The van der Waals surface area contributed by atoms with Crippen LogP contribution >= 0.6 is 0 Å². The molecule has 5 heteroatoms. The average molecular weight is 196 g/mol. The highest BCUT2D eigenvalue weighted by Gasteiger charge is 2.18. The zero-order valence-electron chi connectivity index (χ0n) is 7.23. The van der Waals surface area contributed by atoms with E-state index in [1.807, 2.05) is 0 Å². The molecule has 1 N–H and O–H groups in total. The number of carboxylic acid groups (broad SMARTS) is 1. The number of hydrogen-bond acceptors (Lipinski definition) is 4. The fourth-order valence-corrected chi connectivity index (χ4v) is 1.16. The Kier molecular flexibility index (Phi) is 2.14. The van der Waals surface area contributed by atoms with E-state index in [0.717, 1.165) is 0 Å². The van der Waals surface area contributed by atoms with Crippen LogP contribution in [0.25, 0.3) is 0 Å². The minimum atomic E-state index is -1.03. The summed E-state index contributed by atoms with van der Waals surface area (Å²) in [5.74, 6) is 0.408. The predicted octanol–water partition coefficient (Wildman–Crippen LogP) is 0.879. The largest absolute Gasteiger partial charge is 0.479 e. The van der Waals surface area contributed by atoms with E-state index < -0.39 is 5.97 Å². The molecule has 74 valence electrons. The van der Waals surface area contributed by atoms with Crippen molar-refractivity contribution in [1.82, 2.24) is 0 Å². The van der Waals surface area contributed by atoms with Crippen LogP contribution in [0.4, 0.5) is 0 Å². The number of carbonyl (C=O) groups is 1. The molecule has 0 saturated carbocycles. The lowest BCUT2D eigenvalue weighted by molar-refractivity contribution is -0.139. The number of fused-ring (bicyclic) bond motifs is 1. The lowest BCUT2D eigenvalue weighted by atomic mass is 10.3. The second kappa shape index (κ2) is 3.45. The van der Waals surface area contributed by atoms with Gasteiger partial charge in [0, 0.05) is 0 Å². The Morgan fingerprint density at radius 1 is 1.50 bits per heavy atom. The summed E-state index contributed by atoms with van der Waals surface area (Å²) in [7, 11) is 0. The number of aliphatic carboxylic acids is 1. The molecule has 1 aliphatic heterocycles. The third-order valence-electron chi connectivity index (χ3n) is 1.71. The van der Waals surface area contributed by atoms with Gasteiger partial charge in [0.1, 0.15) is 0 Å². The van der Waals surface area contributed by atoms with E-state index in [0.29, 0.717) is 17.2 Å². The second-order valence-corrected chi connectivity index (χ2v) is 2.67. The van der Waals surface area contributed by atoms with Crippen molar-refractivity contribution in [1.29, 1.82) is 0 Å². The van der Waals surface area contributed by atoms with Gasteiger partial charge in [0.25, 0.3) is 0 Å². The van der Waals surface area contributed by atoms with Crippen LogP contribution < -0.4 is 14.2 Å². The van der Waals surface area contributed by atoms with Crippen LogP contribution in [-0.2, 0) is 4.79 Å². The monoisotopic (exact) mass is 196 g/mol. The van der Waals surface area contributed by atoms with Gasteiger partial charge in [-0.3, -0.25) is 0 Å². The first-order valence-corrected chi connectivity index (χ1v) is 4.00. The van der Waals surface area contributed by atoms with Crippen LogP contribution in [0.1, 0.15) is 0 Å². The standard InChI is InChI=1S/C9H8O5/c10-8(11)4-12-6-2-1-3-7-9(6)14-5-13-7/h1-3H,4-5H2,(H,10,11). The SMILES string of the molecule is O=C(O)COc1cccc2c1OCO2. The first kappa shape index (κ1) is 8.68. The lowest BCUT2D eigenvalue weighted by Gasteiger charge is -2.05. The molecular weight excluding hydrogens is 188 g/mol. The molecule has 5 nitrogen and oxygen atoms in total. The molecule has 0 unspecified atom stereocenters. The fraction of sp³-hybridized carbons (Fsp3) is 0.222. The molecule has 0 fully saturated rings. The van der Waals surface area contributed by atoms with Crippen LogP contribution in [0.3, 0.4) is 0 Å². The Morgan fingerprint density at radius 2 is 2.36 bits per heavy atom. The topological polar surface area (TPSA) is 65.0 Å². The highest BCUT2D eigenvalue weighted by Crippen LogP contribution is 2.40. The molecule has 1 aromatic carbocycles. The van der Waals surface area contributed by atoms with Gasteiger partial charge in [0.05, 0.1) is 0 Å². The maximum Gasteiger partial charge on any atom is 0.341 e. The summed E-state index contributed by atoms with van der Waals surface area (Å²) in [5, 5.41) is 8.43. The highest BCUT2D eigenvalue weighted by atomic mass is 16.7. The van der Waals surface area contributed by atoms with Gasteiger partial charge in [-0.05, 0) is 12.1 Å². The Morgan fingerprint density at radius 3 is 3.14 bits per heavy atom. The van der Waals surface area contributed by atoms with E-state index in [4.69, 9.17) is 19.3 Å². The third-order valence-corrected chi connectivity index (χ3v) is 1.71. The van der Waals surface area contributed by atoms with Crippen LogP contribution in [-0.4, -0.2) is 24.5 Å². The van der Waals surface area contributed by atoms with Crippen LogP contribution in [0.15, 0.2) is 18.2 Å². The smallest absolute Gasteiger partial charge is 0.341 e. The molecule has 0 aliphatic carbocycles. The molecule has 1 aromatic rings. The minimum Gasteiger partial charge on any atom is -0.479 e. The van der Waals surface area contributed by atoms with Gasteiger partial charge in [-0.1, -0.05) is 6.07 Å². The number of para-hydroxylation sites is 1. The fourth-order valence-electron chi connectivity index (χ4n) is 1.16. The van der Waals surface area contributed by atoms with E-state index in [1.54, 1.807) is 18.2 Å². The number of carboxylic acids is 1. The van der Waals surface area contributed by atoms with Crippen LogP contribution in [0.5, 0.6) is 17.2 Å². The number of ether oxygens (including phenoxy) is 3. The van der Waals surface area contributed by atoms with E-state index >= 15 is 0 Å². The van der Waals surface area contributed by atoms with Gasteiger partial charge >= 0.3 is 5.97 Å². The second-order valence-electron chi connectivity index (χ2n) is 2.67. The summed E-state index contributed by atoms with van der Waals surface area (Å²) < 4.78 is 15.2. The Hall–Kier alpha value is -1.91. The summed E-state index contributed by atoms with van der Waals surface area (Å²) in [4.78, 5) is 10.3. The Balaban J connectivity index is 2.17. The summed E-state index contributed by atoms with van der Waals surface area (Å²) in [6.07, 6.45) is 0. The van der Waals surface area contributed by atoms with E-state index in [-0.39, 0.29) is 13.4 Å². The van der Waals surface area contributed by atoms with Crippen molar-refractivity contribution in [2.24, 2.45) is 0 Å². The summed E-state index contributed by atoms with van der Waals surface area (Å²) >= 11 is 0. The van der Waals surface area contributed by atoms with Gasteiger partial charge in [-0.2, -0.15) is 0 Å². The maximum absolute atomic E-state index is 10.3. The van der Waals surface area contributed by atoms with Crippen molar-refractivity contribution in [2.75, 3.05) is 13.4 Å². The summed E-state index contributed by atoms with van der Waals surface area (Å²) in [5.41, 5.74) is 0. The van der Waals surface area contributed by atoms with Gasteiger partial charge in [-0.25, -0.2) is 4.79 Å². The zero-order valence-corrected chi connectivity index (χ0v) is 7.23. The quantitative estimate of drug-likeness (QED) is 0.777. The molecule has 1 aliphatic rings.